The minimum Gasteiger partial charge on any atom is -0.443 e. The molecule has 0 aliphatic rings. The number of nitrogens with zero attached hydrogens (tertiary/aromatic N) is 1. The summed E-state index contributed by atoms with van der Waals surface area (Å²) < 4.78 is 6.65. The molecule has 0 bridgehead atoms. The van der Waals surface area contributed by atoms with Crippen molar-refractivity contribution in [1.82, 2.24) is 0 Å². The summed E-state index contributed by atoms with van der Waals surface area (Å²) in [7, 11) is 1.95. The van der Waals surface area contributed by atoms with Gasteiger partial charge in [0.15, 0.2) is 5.78 Å². The van der Waals surface area contributed by atoms with E-state index in [-0.39, 0.29) is 25.2 Å². The van der Waals surface area contributed by atoms with Gasteiger partial charge in [0, 0.05) is 23.6 Å². The lowest BCUT2D eigenvalue weighted by Gasteiger charge is -2.39. The molecule has 0 aliphatic carbocycles. The van der Waals surface area contributed by atoms with Crippen LogP contribution in [0, 0.1) is 13.8 Å². The number of hydrogen-bond acceptors (Lipinski definition) is 4. The van der Waals surface area contributed by atoms with Crippen molar-refractivity contribution in [2.45, 2.75) is 27.0 Å². The highest BCUT2D eigenvalue weighted by Gasteiger charge is 2.31. The number of ketones is 1. The van der Waals surface area contributed by atoms with Gasteiger partial charge >= 0.3 is 0 Å². The first-order valence-electron chi connectivity index (χ1n) is 9.26. The maximum absolute atomic E-state index is 12.9. The lowest BCUT2D eigenvalue weighted by atomic mass is 9.96. The van der Waals surface area contributed by atoms with Crippen molar-refractivity contribution in [3.05, 3.63) is 64.7 Å². The quantitative estimate of drug-likeness (QED) is 0.403. The van der Waals surface area contributed by atoms with E-state index >= 15 is 0 Å². The van der Waals surface area contributed by atoms with Gasteiger partial charge in [-0.25, -0.2) is 0 Å². The van der Waals surface area contributed by atoms with Gasteiger partial charge in [-0.05, 0) is 19.4 Å². The molecule has 0 radical (unpaired) electrons. The van der Waals surface area contributed by atoms with E-state index in [1.807, 2.05) is 58.2 Å². The Hall–Kier alpha value is -2.21. The number of ether oxygens (including phenoxy) is 1. The van der Waals surface area contributed by atoms with Crippen LogP contribution in [0.2, 0.25) is 0 Å². The second-order valence-electron chi connectivity index (χ2n) is 7.17. The molecule has 0 saturated heterocycles. The van der Waals surface area contributed by atoms with Crippen molar-refractivity contribution < 1.29 is 24.2 Å². The minimum absolute atomic E-state index is 0.00863. The third kappa shape index (κ3) is 4.75. The highest BCUT2D eigenvalue weighted by molar-refractivity contribution is 6.10. The molecule has 1 unspecified atom stereocenters. The molecule has 0 fully saturated rings. The molecule has 2 aromatic rings. The number of carbonyl (C=O) groups excluding carboxylic acids is 1. The van der Waals surface area contributed by atoms with Crippen LogP contribution < -0.4 is 4.74 Å². The maximum Gasteiger partial charge on any atom is 0.230 e. The minimum atomic E-state index is -0.288. The number of hydrogen-bond donors (Lipinski definition) is 2. The molecule has 2 rings (SSSR count). The molecule has 0 saturated carbocycles. The van der Waals surface area contributed by atoms with Crippen LogP contribution in [0.1, 0.15) is 34.0 Å². The fraction of sp³-hybridized carbons (Fsp3) is 0.409. The van der Waals surface area contributed by atoms with Crippen molar-refractivity contribution in [2.24, 2.45) is 0 Å². The van der Waals surface area contributed by atoms with Crippen molar-refractivity contribution in [2.75, 3.05) is 33.4 Å². The van der Waals surface area contributed by atoms with E-state index in [4.69, 9.17) is 4.74 Å². The van der Waals surface area contributed by atoms with Crippen LogP contribution in [0.4, 0.5) is 0 Å². The summed E-state index contributed by atoms with van der Waals surface area (Å²) in [6.45, 7) is 6.74. The van der Waals surface area contributed by atoms with Crippen molar-refractivity contribution in [1.29, 1.82) is 0 Å². The lowest BCUT2D eigenvalue weighted by Crippen LogP contribution is -2.56. The summed E-state index contributed by atoms with van der Waals surface area (Å²) in [5, 5.41) is 18.8. The molecule has 5 nitrogen and oxygen atoms in total. The fourth-order valence-electron chi connectivity index (χ4n) is 3.23. The zero-order valence-electron chi connectivity index (χ0n) is 16.6. The van der Waals surface area contributed by atoms with Crippen molar-refractivity contribution in [3.63, 3.8) is 0 Å². The van der Waals surface area contributed by atoms with Crippen LogP contribution in [0.3, 0.4) is 0 Å². The third-order valence-corrected chi connectivity index (χ3v) is 5.27. The summed E-state index contributed by atoms with van der Waals surface area (Å²) >= 11 is 0. The topological polar surface area (TPSA) is 66.8 Å². The van der Waals surface area contributed by atoms with E-state index < -0.39 is 0 Å². The molecule has 27 heavy (non-hydrogen) atoms. The second kappa shape index (κ2) is 9.13. The Morgan fingerprint density at radius 1 is 1.04 bits per heavy atom. The van der Waals surface area contributed by atoms with E-state index in [1.165, 1.54) is 0 Å². The summed E-state index contributed by atoms with van der Waals surface area (Å²) in [5.41, 5.74) is 3.01. The number of likely N-dealkylation sites (N-methyl/N-ethyl adjacent to an activating group) is 1. The first-order valence-corrected chi connectivity index (χ1v) is 9.26. The fourth-order valence-corrected chi connectivity index (χ4v) is 3.23. The molecule has 5 heteroatoms. The van der Waals surface area contributed by atoms with E-state index in [0.717, 1.165) is 11.1 Å². The Bertz CT molecular complexity index is 767. The van der Waals surface area contributed by atoms with Gasteiger partial charge < -0.3 is 14.9 Å². The number of quaternary nitrogens is 1. The highest BCUT2D eigenvalue weighted by Crippen LogP contribution is 2.30. The molecular formula is C22H30NO4+. The molecule has 1 atom stereocenters. The Kier molecular flexibility index (Phi) is 7.13. The van der Waals surface area contributed by atoms with Crippen LogP contribution >= 0.6 is 0 Å². The summed E-state index contributed by atoms with van der Waals surface area (Å²) in [6.07, 6.45) is -0.288. The van der Waals surface area contributed by atoms with Gasteiger partial charge in [0.05, 0.1) is 20.3 Å². The molecule has 0 spiro atoms. The Morgan fingerprint density at radius 2 is 1.63 bits per heavy atom. The number of rotatable bonds is 9. The number of benzene rings is 2. The Morgan fingerprint density at radius 3 is 2.19 bits per heavy atom. The second-order valence-corrected chi connectivity index (χ2v) is 7.17. The zero-order chi connectivity index (χ0) is 20.0. The SMILES string of the molecule is Cc1ccc(C(=O)c2ccccc2)c(C)c1OC(C)[N+](C)(CCO)CCO. The van der Waals surface area contributed by atoms with Crippen LogP contribution in [0.5, 0.6) is 5.75 Å². The molecule has 2 N–H and O–H groups in total. The summed E-state index contributed by atoms with van der Waals surface area (Å²) in [6, 6.07) is 12.9. The normalized spacial score (nSPS) is 12.7. The lowest BCUT2D eigenvalue weighted by molar-refractivity contribution is -0.949. The predicted octanol–water partition coefficient (Wildman–Crippen LogP) is 2.69. The molecular weight excluding hydrogens is 342 g/mol. The molecule has 0 heterocycles. The van der Waals surface area contributed by atoms with Gasteiger partial charge in [-0.1, -0.05) is 42.5 Å². The zero-order valence-corrected chi connectivity index (χ0v) is 16.6. The van der Waals surface area contributed by atoms with Gasteiger partial charge in [-0.2, -0.15) is 0 Å². The highest BCUT2D eigenvalue weighted by atomic mass is 16.5. The van der Waals surface area contributed by atoms with Gasteiger partial charge in [0.25, 0.3) is 0 Å². The molecule has 0 aliphatic heterocycles. The monoisotopic (exact) mass is 372 g/mol. The molecule has 0 aromatic heterocycles. The molecule has 146 valence electrons. The number of aliphatic hydroxyl groups is 2. The van der Waals surface area contributed by atoms with Crippen LogP contribution in [-0.4, -0.2) is 60.1 Å². The first kappa shape index (κ1) is 21.1. The van der Waals surface area contributed by atoms with E-state index in [1.54, 1.807) is 12.1 Å². The maximum atomic E-state index is 12.9. The summed E-state index contributed by atoms with van der Waals surface area (Å²) in [4.78, 5) is 12.9. The van der Waals surface area contributed by atoms with Gasteiger partial charge in [-0.15, -0.1) is 0 Å². The molecule has 2 aromatic carbocycles. The predicted molar refractivity (Wildman–Crippen MR) is 106 cm³/mol. The smallest absolute Gasteiger partial charge is 0.230 e. The number of aryl methyl sites for hydroxylation is 1. The average molecular weight is 372 g/mol. The average Bonchev–Trinajstić information content (AvgIpc) is 2.65. The summed E-state index contributed by atoms with van der Waals surface area (Å²) in [5.74, 6) is 0.651. The van der Waals surface area contributed by atoms with Crippen LogP contribution in [0.25, 0.3) is 0 Å². The van der Waals surface area contributed by atoms with Gasteiger partial charge in [0.2, 0.25) is 6.23 Å². The Labute approximate surface area is 161 Å². The first-order chi connectivity index (χ1) is 12.8. The number of carbonyl (C=O) groups is 1. The number of aliphatic hydroxyl groups excluding tert-OH is 2. The van der Waals surface area contributed by atoms with E-state index in [2.05, 4.69) is 0 Å². The van der Waals surface area contributed by atoms with Gasteiger partial charge in [0.1, 0.15) is 18.8 Å². The van der Waals surface area contributed by atoms with Crippen LogP contribution in [0.15, 0.2) is 42.5 Å². The largest absolute Gasteiger partial charge is 0.443 e. The third-order valence-electron chi connectivity index (χ3n) is 5.27. The standard InChI is InChI=1S/C22H30NO4/c1-16-10-11-20(21(26)19-8-6-5-7-9-19)17(2)22(16)27-18(3)23(4,12-14-24)13-15-25/h5-11,18,24-25H,12-15H2,1-4H3/q+1. The van der Waals surface area contributed by atoms with Crippen molar-refractivity contribution >= 4 is 5.78 Å². The van der Waals surface area contributed by atoms with E-state index in [9.17, 15) is 15.0 Å². The van der Waals surface area contributed by atoms with E-state index in [0.29, 0.717) is 34.4 Å². The molecule has 0 amide bonds. The Balaban J connectivity index is 2.36. The van der Waals surface area contributed by atoms with Crippen molar-refractivity contribution in [3.8, 4) is 5.75 Å². The van der Waals surface area contributed by atoms with Gasteiger partial charge in [-0.3, -0.25) is 9.28 Å². The van der Waals surface area contributed by atoms with Crippen LogP contribution in [-0.2, 0) is 0 Å².